The van der Waals surface area contributed by atoms with Gasteiger partial charge in [-0.15, -0.1) is 0 Å². The van der Waals surface area contributed by atoms with Crippen molar-refractivity contribution in [3.8, 4) is 17.2 Å². The highest BCUT2D eigenvalue weighted by Crippen LogP contribution is 2.30. The predicted octanol–water partition coefficient (Wildman–Crippen LogP) is 3.66. The quantitative estimate of drug-likeness (QED) is 0.883. The number of ether oxygens (including phenoxy) is 3. The molecule has 0 atom stereocenters. The van der Waals surface area contributed by atoms with Crippen LogP contribution in [0.5, 0.6) is 17.2 Å². The van der Waals surface area contributed by atoms with E-state index in [1.807, 2.05) is 19.1 Å². The summed E-state index contributed by atoms with van der Waals surface area (Å²) in [7, 11) is 4.66. The summed E-state index contributed by atoms with van der Waals surface area (Å²) in [6.45, 7) is 1.94. The number of amides is 2. The SMILES string of the molecule is COc1ccc(C)cc1NC(=O)Nc1ccc(OC)c(OC)c1. The van der Waals surface area contributed by atoms with E-state index in [-0.39, 0.29) is 6.03 Å². The molecule has 23 heavy (non-hydrogen) atoms. The van der Waals surface area contributed by atoms with Crippen LogP contribution < -0.4 is 24.8 Å². The molecule has 122 valence electrons. The van der Waals surface area contributed by atoms with Crippen molar-refractivity contribution in [2.75, 3.05) is 32.0 Å². The molecule has 2 aromatic rings. The van der Waals surface area contributed by atoms with E-state index in [1.54, 1.807) is 45.6 Å². The highest BCUT2D eigenvalue weighted by Gasteiger charge is 2.10. The lowest BCUT2D eigenvalue weighted by atomic mass is 10.2. The Bertz CT molecular complexity index is 701. The number of aryl methyl sites for hydroxylation is 1. The number of anilines is 2. The summed E-state index contributed by atoms with van der Waals surface area (Å²) in [5.74, 6) is 1.73. The highest BCUT2D eigenvalue weighted by molar-refractivity contribution is 6.00. The lowest BCUT2D eigenvalue weighted by Gasteiger charge is -2.13. The fourth-order valence-electron chi connectivity index (χ4n) is 2.12. The van der Waals surface area contributed by atoms with Crippen LogP contribution >= 0.6 is 0 Å². The van der Waals surface area contributed by atoms with Crippen molar-refractivity contribution >= 4 is 17.4 Å². The van der Waals surface area contributed by atoms with Crippen molar-refractivity contribution in [3.05, 3.63) is 42.0 Å². The monoisotopic (exact) mass is 316 g/mol. The second kappa shape index (κ2) is 7.40. The number of carbonyl (C=O) groups is 1. The largest absolute Gasteiger partial charge is 0.495 e. The van der Waals surface area contributed by atoms with Crippen LogP contribution in [0, 0.1) is 6.92 Å². The average molecular weight is 316 g/mol. The molecule has 2 aromatic carbocycles. The molecule has 0 aromatic heterocycles. The summed E-state index contributed by atoms with van der Waals surface area (Å²) in [5.41, 5.74) is 2.21. The summed E-state index contributed by atoms with van der Waals surface area (Å²) in [5, 5.41) is 5.52. The minimum Gasteiger partial charge on any atom is -0.495 e. The number of carbonyl (C=O) groups excluding carboxylic acids is 1. The number of hydrogen-bond acceptors (Lipinski definition) is 4. The third-order valence-electron chi connectivity index (χ3n) is 3.24. The topological polar surface area (TPSA) is 68.8 Å². The van der Waals surface area contributed by atoms with Gasteiger partial charge in [0.1, 0.15) is 5.75 Å². The normalized spacial score (nSPS) is 9.91. The van der Waals surface area contributed by atoms with Crippen molar-refractivity contribution in [2.45, 2.75) is 6.92 Å². The molecule has 0 heterocycles. The Labute approximate surface area is 135 Å². The van der Waals surface area contributed by atoms with Crippen LogP contribution in [0.25, 0.3) is 0 Å². The number of benzene rings is 2. The molecule has 0 aliphatic carbocycles. The van der Waals surface area contributed by atoms with Crippen molar-refractivity contribution in [2.24, 2.45) is 0 Å². The maximum absolute atomic E-state index is 12.2. The molecule has 0 fully saturated rings. The molecule has 0 unspecified atom stereocenters. The number of nitrogens with one attached hydrogen (secondary N) is 2. The van der Waals surface area contributed by atoms with Crippen molar-refractivity contribution < 1.29 is 19.0 Å². The second-order valence-corrected chi connectivity index (χ2v) is 4.85. The van der Waals surface area contributed by atoms with Crippen molar-refractivity contribution in [1.29, 1.82) is 0 Å². The maximum atomic E-state index is 12.2. The lowest BCUT2D eigenvalue weighted by molar-refractivity contribution is 0.262. The fourth-order valence-corrected chi connectivity index (χ4v) is 2.12. The van der Waals surface area contributed by atoms with Crippen molar-refractivity contribution in [1.82, 2.24) is 0 Å². The molecule has 6 nitrogen and oxygen atoms in total. The minimum absolute atomic E-state index is 0.374. The highest BCUT2D eigenvalue weighted by atomic mass is 16.5. The van der Waals surface area contributed by atoms with Gasteiger partial charge in [-0.3, -0.25) is 0 Å². The molecule has 0 aliphatic rings. The lowest BCUT2D eigenvalue weighted by Crippen LogP contribution is -2.20. The van der Waals surface area contributed by atoms with Gasteiger partial charge in [-0.2, -0.15) is 0 Å². The predicted molar refractivity (Wildman–Crippen MR) is 89.9 cm³/mol. The van der Waals surface area contributed by atoms with E-state index in [0.717, 1.165) is 5.56 Å². The third kappa shape index (κ3) is 4.06. The fraction of sp³-hybridized carbons (Fsp3) is 0.235. The van der Waals surface area contributed by atoms with Crippen molar-refractivity contribution in [3.63, 3.8) is 0 Å². The van der Waals surface area contributed by atoms with Gasteiger partial charge in [0, 0.05) is 11.8 Å². The Hall–Kier alpha value is -2.89. The Morgan fingerprint density at radius 1 is 0.826 bits per heavy atom. The molecule has 0 bridgehead atoms. The standard InChI is InChI=1S/C17H20N2O4/c1-11-5-7-14(21-2)13(9-11)19-17(20)18-12-6-8-15(22-3)16(10-12)23-4/h5-10H,1-4H3,(H2,18,19,20). The van der Waals surface area contributed by atoms with E-state index < -0.39 is 0 Å². The van der Waals surface area contributed by atoms with Crippen LogP contribution in [0.2, 0.25) is 0 Å². The maximum Gasteiger partial charge on any atom is 0.323 e. The van der Waals surface area contributed by atoms with E-state index in [1.165, 1.54) is 0 Å². The first-order valence-electron chi connectivity index (χ1n) is 7.02. The summed E-state index contributed by atoms with van der Waals surface area (Å²) in [6.07, 6.45) is 0. The number of rotatable bonds is 5. The summed E-state index contributed by atoms with van der Waals surface area (Å²) >= 11 is 0. The van der Waals surface area contributed by atoms with Crippen LogP contribution in [0.15, 0.2) is 36.4 Å². The molecule has 6 heteroatoms. The van der Waals surface area contributed by atoms with E-state index in [4.69, 9.17) is 14.2 Å². The van der Waals surface area contributed by atoms with E-state index in [2.05, 4.69) is 10.6 Å². The molecule has 0 saturated heterocycles. The van der Waals surface area contributed by atoms with Gasteiger partial charge in [0.2, 0.25) is 0 Å². The zero-order valence-corrected chi connectivity index (χ0v) is 13.6. The van der Waals surface area contributed by atoms with Crippen LogP contribution in [0.4, 0.5) is 16.2 Å². The molecular weight excluding hydrogens is 296 g/mol. The van der Waals surface area contributed by atoms with E-state index in [0.29, 0.717) is 28.6 Å². The van der Waals surface area contributed by atoms with E-state index >= 15 is 0 Å². The Kier molecular flexibility index (Phi) is 5.30. The summed E-state index contributed by atoms with van der Waals surface area (Å²) in [6, 6.07) is 10.3. The minimum atomic E-state index is -0.374. The van der Waals surface area contributed by atoms with Gasteiger partial charge >= 0.3 is 6.03 Å². The summed E-state index contributed by atoms with van der Waals surface area (Å²) < 4.78 is 15.6. The van der Waals surface area contributed by atoms with Gasteiger partial charge in [-0.05, 0) is 36.8 Å². The number of methoxy groups -OCH3 is 3. The van der Waals surface area contributed by atoms with Gasteiger partial charge in [-0.1, -0.05) is 6.07 Å². The Balaban J connectivity index is 2.12. The molecule has 2 N–H and O–H groups in total. The van der Waals surface area contributed by atoms with Crippen LogP contribution in [0.3, 0.4) is 0 Å². The first kappa shape index (κ1) is 16.5. The smallest absolute Gasteiger partial charge is 0.323 e. The molecule has 0 saturated carbocycles. The number of urea groups is 1. The van der Waals surface area contributed by atoms with Gasteiger partial charge < -0.3 is 24.8 Å². The zero-order chi connectivity index (χ0) is 16.8. The van der Waals surface area contributed by atoms with Gasteiger partial charge in [0.25, 0.3) is 0 Å². The molecule has 2 rings (SSSR count). The van der Waals surface area contributed by atoms with Gasteiger partial charge in [-0.25, -0.2) is 4.79 Å². The zero-order valence-electron chi connectivity index (χ0n) is 13.6. The van der Waals surface area contributed by atoms with Gasteiger partial charge in [0.05, 0.1) is 27.0 Å². The Morgan fingerprint density at radius 3 is 2.13 bits per heavy atom. The second-order valence-electron chi connectivity index (χ2n) is 4.85. The van der Waals surface area contributed by atoms with Crippen LogP contribution in [-0.2, 0) is 0 Å². The molecule has 0 spiro atoms. The number of hydrogen-bond donors (Lipinski definition) is 2. The average Bonchev–Trinajstić information content (AvgIpc) is 2.54. The first-order valence-corrected chi connectivity index (χ1v) is 7.02. The molecule has 2 amide bonds. The van der Waals surface area contributed by atoms with Gasteiger partial charge in [0.15, 0.2) is 11.5 Å². The third-order valence-corrected chi connectivity index (χ3v) is 3.24. The van der Waals surface area contributed by atoms with Crippen LogP contribution in [0.1, 0.15) is 5.56 Å². The molecule has 0 radical (unpaired) electrons. The molecule has 0 aliphatic heterocycles. The Morgan fingerprint density at radius 2 is 1.48 bits per heavy atom. The van der Waals surface area contributed by atoms with Crippen LogP contribution in [-0.4, -0.2) is 27.4 Å². The van der Waals surface area contributed by atoms with E-state index in [9.17, 15) is 4.79 Å². The summed E-state index contributed by atoms with van der Waals surface area (Å²) in [4.78, 5) is 12.2. The first-order chi connectivity index (χ1) is 11.1. The molecular formula is C17H20N2O4.